The third kappa shape index (κ3) is 7.32. The van der Waals surface area contributed by atoms with Gasteiger partial charge in [-0.15, -0.1) is 24.0 Å². The Morgan fingerprint density at radius 1 is 1.15 bits per heavy atom. The summed E-state index contributed by atoms with van der Waals surface area (Å²) >= 11 is 0. The maximum absolute atomic E-state index is 5.71. The van der Waals surface area contributed by atoms with E-state index in [1.54, 1.807) is 13.3 Å². The molecule has 1 heterocycles. The number of guanidine groups is 1. The number of hydrogen-bond donors (Lipinski definition) is 2. The first kappa shape index (κ1) is 23.1. The molecule has 0 aliphatic carbocycles. The van der Waals surface area contributed by atoms with Gasteiger partial charge in [0.15, 0.2) is 17.5 Å². The highest BCUT2D eigenvalue weighted by Gasteiger charge is 2.12. The molecule has 6 nitrogen and oxygen atoms in total. The van der Waals surface area contributed by atoms with E-state index in [4.69, 9.17) is 13.9 Å². The zero-order valence-corrected chi connectivity index (χ0v) is 18.8. The highest BCUT2D eigenvalue weighted by Crippen LogP contribution is 2.30. The molecular formula is C20H30IN3O3. The summed E-state index contributed by atoms with van der Waals surface area (Å²) in [6.45, 7) is 7.97. The van der Waals surface area contributed by atoms with Crippen LogP contribution in [0.4, 0.5) is 0 Å². The Kier molecular flexibility index (Phi) is 10.7. The molecular weight excluding hydrogens is 457 g/mol. The van der Waals surface area contributed by atoms with Gasteiger partial charge in [0.2, 0.25) is 0 Å². The number of aliphatic imine (C=N–C) groups is 1. The van der Waals surface area contributed by atoms with Crippen LogP contribution in [0.1, 0.15) is 38.1 Å². The summed E-state index contributed by atoms with van der Waals surface area (Å²) in [6, 6.07) is 9.94. The molecule has 0 saturated carbocycles. The van der Waals surface area contributed by atoms with Crippen LogP contribution < -0.4 is 20.1 Å². The van der Waals surface area contributed by atoms with E-state index in [0.717, 1.165) is 41.7 Å². The fraction of sp³-hybridized carbons (Fsp3) is 0.450. The molecule has 0 fully saturated rings. The molecule has 0 amide bonds. The van der Waals surface area contributed by atoms with Crippen molar-refractivity contribution in [3.63, 3.8) is 0 Å². The number of halogens is 1. The summed E-state index contributed by atoms with van der Waals surface area (Å²) in [6.07, 6.45) is 2.49. The second-order valence-corrected chi connectivity index (χ2v) is 5.77. The Morgan fingerprint density at radius 3 is 2.52 bits per heavy atom. The lowest BCUT2D eigenvalue weighted by molar-refractivity contribution is 0.287. The summed E-state index contributed by atoms with van der Waals surface area (Å²) in [7, 11) is 1.76. The first-order chi connectivity index (χ1) is 12.7. The van der Waals surface area contributed by atoms with Crippen molar-refractivity contribution in [3.8, 4) is 11.5 Å². The van der Waals surface area contributed by atoms with Gasteiger partial charge in [0, 0.05) is 20.0 Å². The van der Waals surface area contributed by atoms with Crippen LogP contribution in [-0.2, 0) is 6.42 Å². The Morgan fingerprint density at radius 2 is 1.89 bits per heavy atom. The summed E-state index contributed by atoms with van der Waals surface area (Å²) in [4.78, 5) is 4.29. The minimum atomic E-state index is 0. The highest BCUT2D eigenvalue weighted by atomic mass is 127. The van der Waals surface area contributed by atoms with Crippen LogP contribution in [0, 0.1) is 0 Å². The topological polar surface area (TPSA) is 68.0 Å². The number of rotatable bonds is 9. The van der Waals surface area contributed by atoms with E-state index in [1.807, 2.05) is 44.2 Å². The molecule has 0 spiro atoms. The van der Waals surface area contributed by atoms with Gasteiger partial charge in [-0.2, -0.15) is 0 Å². The molecule has 1 atom stereocenters. The SMILES string of the molecule is CCOc1ccc(C(C)NC(=NC)NCCc2ccco2)cc1OCC.I. The third-order valence-corrected chi connectivity index (χ3v) is 3.89. The Hall–Kier alpha value is -1.90. The number of hydrogen-bond acceptors (Lipinski definition) is 4. The molecule has 2 aromatic rings. The molecule has 0 radical (unpaired) electrons. The molecule has 1 aromatic carbocycles. The lowest BCUT2D eigenvalue weighted by Gasteiger charge is -2.20. The van der Waals surface area contributed by atoms with Crippen LogP contribution >= 0.6 is 24.0 Å². The smallest absolute Gasteiger partial charge is 0.191 e. The van der Waals surface area contributed by atoms with E-state index in [0.29, 0.717) is 13.2 Å². The predicted octanol–water partition coefficient (Wildman–Crippen LogP) is 4.16. The molecule has 0 saturated heterocycles. The normalized spacial score (nSPS) is 12.1. The number of benzene rings is 1. The van der Waals surface area contributed by atoms with Crippen molar-refractivity contribution >= 4 is 29.9 Å². The molecule has 2 rings (SSSR count). The van der Waals surface area contributed by atoms with E-state index in [2.05, 4.69) is 22.5 Å². The average molecular weight is 487 g/mol. The molecule has 1 unspecified atom stereocenters. The van der Waals surface area contributed by atoms with Crippen molar-refractivity contribution in [2.24, 2.45) is 4.99 Å². The van der Waals surface area contributed by atoms with Gasteiger partial charge in [-0.3, -0.25) is 4.99 Å². The zero-order valence-electron chi connectivity index (χ0n) is 16.5. The first-order valence-electron chi connectivity index (χ1n) is 9.07. The van der Waals surface area contributed by atoms with E-state index in [9.17, 15) is 0 Å². The molecule has 150 valence electrons. The fourth-order valence-electron chi connectivity index (χ4n) is 2.58. The number of ether oxygens (including phenoxy) is 2. The van der Waals surface area contributed by atoms with Crippen molar-refractivity contribution in [2.45, 2.75) is 33.2 Å². The van der Waals surface area contributed by atoms with E-state index >= 15 is 0 Å². The van der Waals surface area contributed by atoms with Crippen molar-refractivity contribution in [3.05, 3.63) is 47.9 Å². The predicted molar refractivity (Wildman–Crippen MR) is 120 cm³/mol. The standard InChI is InChI=1S/C20H29N3O3.HI/c1-5-24-18-10-9-16(14-19(18)25-6-2)15(3)23-20(21-4)22-12-11-17-8-7-13-26-17;/h7-10,13-15H,5-6,11-12H2,1-4H3,(H2,21,22,23);1H. The zero-order chi connectivity index (χ0) is 18.8. The van der Waals surface area contributed by atoms with Gasteiger partial charge in [0.25, 0.3) is 0 Å². The third-order valence-electron chi connectivity index (χ3n) is 3.89. The largest absolute Gasteiger partial charge is 0.490 e. The van der Waals surface area contributed by atoms with Crippen LogP contribution in [0.3, 0.4) is 0 Å². The quantitative estimate of drug-likeness (QED) is 0.316. The first-order valence-corrected chi connectivity index (χ1v) is 9.07. The summed E-state index contributed by atoms with van der Waals surface area (Å²) in [5.41, 5.74) is 1.10. The molecule has 7 heteroatoms. The second-order valence-electron chi connectivity index (χ2n) is 5.77. The molecule has 2 N–H and O–H groups in total. The molecule has 0 bridgehead atoms. The van der Waals surface area contributed by atoms with Crippen LogP contribution in [-0.4, -0.2) is 32.8 Å². The number of nitrogens with zero attached hydrogens (tertiary/aromatic N) is 1. The lowest BCUT2D eigenvalue weighted by Crippen LogP contribution is -2.39. The Bertz CT molecular complexity index is 690. The van der Waals surface area contributed by atoms with E-state index in [1.165, 1.54) is 0 Å². The fourth-order valence-corrected chi connectivity index (χ4v) is 2.58. The van der Waals surface area contributed by atoms with Crippen LogP contribution in [0.2, 0.25) is 0 Å². The van der Waals surface area contributed by atoms with Gasteiger partial charge in [0.1, 0.15) is 5.76 Å². The Labute approximate surface area is 178 Å². The number of furan rings is 1. The molecule has 0 aliphatic rings. The van der Waals surface area contributed by atoms with Gasteiger partial charge < -0.3 is 24.5 Å². The van der Waals surface area contributed by atoms with Gasteiger partial charge in [-0.05, 0) is 50.6 Å². The molecule has 27 heavy (non-hydrogen) atoms. The van der Waals surface area contributed by atoms with Crippen LogP contribution in [0.25, 0.3) is 0 Å². The van der Waals surface area contributed by atoms with Crippen LogP contribution in [0.5, 0.6) is 11.5 Å². The maximum Gasteiger partial charge on any atom is 0.191 e. The highest BCUT2D eigenvalue weighted by molar-refractivity contribution is 14.0. The van der Waals surface area contributed by atoms with Crippen molar-refractivity contribution in [1.82, 2.24) is 10.6 Å². The lowest BCUT2D eigenvalue weighted by atomic mass is 10.1. The summed E-state index contributed by atoms with van der Waals surface area (Å²) < 4.78 is 16.7. The van der Waals surface area contributed by atoms with Gasteiger partial charge in [-0.25, -0.2) is 0 Å². The van der Waals surface area contributed by atoms with E-state index in [-0.39, 0.29) is 30.0 Å². The van der Waals surface area contributed by atoms with Gasteiger partial charge in [0.05, 0.1) is 25.5 Å². The maximum atomic E-state index is 5.71. The minimum absolute atomic E-state index is 0. The summed E-state index contributed by atoms with van der Waals surface area (Å²) in [5, 5.41) is 6.70. The average Bonchev–Trinajstić information content (AvgIpc) is 3.16. The minimum Gasteiger partial charge on any atom is -0.490 e. The monoisotopic (exact) mass is 487 g/mol. The van der Waals surface area contributed by atoms with E-state index < -0.39 is 0 Å². The molecule has 0 aliphatic heterocycles. The van der Waals surface area contributed by atoms with Crippen molar-refractivity contribution in [1.29, 1.82) is 0 Å². The number of nitrogens with one attached hydrogen (secondary N) is 2. The Balaban J connectivity index is 0.00000364. The van der Waals surface area contributed by atoms with Crippen molar-refractivity contribution in [2.75, 3.05) is 26.8 Å². The van der Waals surface area contributed by atoms with Crippen molar-refractivity contribution < 1.29 is 13.9 Å². The van der Waals surface area contributed by atoms with Crippen LogP contribution in [0.15, 0.2) is 46.0 Å². The van der Waals surface area contributed by atoms with Gasteiger partial charge >= 0.3 is 0 Å². The second kappa shape index (κ2) is 12.5. The van der Waals surface area contributed by atoms with Gasteiger partial charge in [-0.1, -0.05) is 6.07 Å². The molecule has 1 aromatic heterocycles. The summed E-state index contributed by atoms with van der Waals surface area (Å²) in [5.74, 6) is 3.23.